The molecule has 0 aliphatic heterocycles. The second kappa shape index (κ2) is 10.4. The molecule has 0 unspecified atom stereocenters. The molecule has 100 valence electrons. The fourth-order valence-electron chi connectivity index (χ4n) is 1.24. The summed E-state index contributed by atoms with van der Waals surface area (Å²) >= 11 is 1.84. The van der Waals surface area contributed by atoms with Crippen LogP contribution in [-0.4, -0.2) is 62.2 Å². The zero-order valence-electron chi connectivity index (χ0n) is 10.7. The molecule has 0 aliphatic rings. The highest BCUT2D eigenvalue weighted by Crippen LogP contribution is 2.03. The lowest BCUT2D eigenvalue weighted by Gasteiger charge is -2.19. The van der Waals surface area contributed by atoms with E-state index in [1.165, 1.54) is 14.2 Å². The van der Waals surface area contributed by atoms with Gasteiger partial charge in [0.15, 0.2) is 0 Å². The van der Waals surface area contributed by atoms with Crippen molar-refractivity contribution in [3.05, 3.63) is 0 Å². The molecule has 0 aromatic carbocycles. The van der Waals surface area contributed by atoms with E-state index in [0.29, 0.717) is 6.54 Å². The van der Waals surface area contributed by atoms with Crippen molar-refractivity contribution in [3.63, 3.8) is 0 Å². The summed E-state index contributed by atoms with van der Waals surface area (Å²) in [5, 5.41) is 0. The first kappa shape index (κ1) is 16.2. The van der Waals surface area contributed by atoms with E-state index in [2.05, 4.69) is 16.4 Å². The van der Waals surface area contributed by atoms with Gasteiger partial charge in [-0.3, -0.25) is 14.5 Å². The Kier molecular flexibility index (Phi) is 9.95. The van der Waals surface area contributed by atoms with Gasteiger partial charge in [0.05, 0.1) is 27.3 Å². The van der Waals surface area contributed by atoms with E-state index in [0.717, 1.165) is 17.9 Å². The van der Waals surface area contributed by atoms with Crippen LogP contribution in [0.25, 0.3) is 0 Å². The topological polar surface area (TPSA) is 55.8 Å². The predicted octanol–water partition coefficient (Wildman–Crippen LogP) is 0.778. The Bertz CT molecular complexity index is 218. The van der Waals surface area contributed by atoms with Gasteiger partial charge in [0, 0.05) is 6.54 Å². The molecule has 0 bridgehead atoms. The summed E-state index contributed by atoms with van der Waals surface area (Å²) in [5.74, 6) is 1.43. The van der Waals surface area contributed by atoms with Crippen LogP contribution in [0.2, 0.25) is 0 Å². The van der Waals surface area contributed by atoms with E-state index in [-0.39, 0.29) is 25.0 Å². The van der Waals surface area contributed by atoms with Crippen molar-refractivity contribution in [3.8, 4) is 0 Å². The van der Waals surface area contributed by atoms with Gasteiger partial charge in [0.2, 0.25) is 0 Å². The van der Waals surface area contributed by atoms with Gasteiger partial charge >= 0.3 is 11.9 Å². The maximum absolute atomic E-state index is 11.2. The Morgan fingerprint density at radius 2 is 1.65 bits per heavy atom. The van der Waals surface area contributed by atoms with Crippen molar-refractivity contribution in [2.24, 2.45) is 0 Å². The van der Waals surface area contributed by atoms with Crippen LogP contribution >= 0.6 is 11.8 Å². The van der Waals surface area contributed by atoms with Gasteiger partial charge in [-0.05, 0) is 17.9 Å². The minimum atomic E-state index is -0.336. The van der Waals surface area contributed by atoms with Crippen LogP contribution in [0.15, 0.2) is 0 Å². The lowest BCUT2D eigenvalue weighted by atomic mass is 10.4. The van der Waals surface area contributed by atoms with Crippen LogP contribution in [0, 0.1) is 0 Å². The van der Waals surface area contributed by atoms with E-state index in [4.69, 9.17) is 0 Å². The summed E-state index contributed by atoms with van der Waals surface area (Å²) in [4.78, 5) is 24.1. The third kappa shape index (κ3) is 9.00. The zero-order chi connectivity index (χ0) is 13.1. The number of methoxy groups -OCH3 is 2. The summed E-state index contributed by atoms with van der Waals surface area (Å²) in [7, 11) is 2.68. The predicted molar refractivity (Wildman–Crippen MR) is 68.1 cm³/mol. The highest BCUT2D eigenvalue weighted by molar-refractivity contribution is 7.99. The van der Waals surface area contributed by atoms with Gasteiger partial charge in [-0.2, -0.15) is 11.8 Å². The highest BCUT2D eigenvalue weighted by Gasteiger charge is 2.14. The smallest absolute Gasteiger partial charge is 0.319 e. The molecule has 0 spiro atoms. The quantitative estimate of drug-likeness (QED) is 0.452. The Morgan fingerprint density at radius 1 is 1.12 bits per heavy atom. The van der Waals surface area contributed by atoms with Crippen molar-refractivity contribution in [2.45, 2.75) is 13.3 Å². The number of ether oxygens (including phenoxy) is 2. The number of hydrogen-bond donors (Lipinski definition) is 0. The number of carbonyl (C=O) groups excluding carboxylic acids is 2. The van der Waals surface area contributed by atoms with Crippen LogP contribution in [0.3, 0.4) is 0 Å². The second-order valence-corrected chi connectivity index (χ2v) is 4.81. The first-order valence-corrected chi connectivity index (χ1v) is 6.73. The fraction of sp³-hybridized carbons (Fsp3) is 0.818. The van der Waals surface area contributed by atoms with E-state index in [1.54, 1.807) is 4.90 Å². The summed E-state index contributed by atoms with van der Waals surface area (Å²) in [5.41, 5.74) is 0. The van der Waals surface area contributed by atoms with Gasteiger partial charge in [-0.15, -0.1) is 0 Å². The van der Waals surface area contributed by atoms with Gasteiger partial charge in [-0.25, -0.2) is 0 Å². The fourth-order valence-corrected chi connectivity index (χ4v) is 1.86. The van der Waals surface area contributed by atoms with Crippen LogP contribution in [-0.2, 0) is 19.1 Å². The van der Waals surface area contributed by atoms with E-state index >= 15 is 0 Å². The minimum absolute atomic E-state index is 0.127. The molecular formula is C11H21NO4S. The molecule has 0 amide bonds. The maximum atomic E-state index is 11.2. The van der Waals surface area contributed by atoms with Gasteiger partial charge in [0.25, 0.3) is 0 Å². The molecule has 5 nitrogen and oxygen atoms in total. The van der Waals surface area contributed by atoms with Crippen LogP contribution in [0.4, 0.5) is 0 Å². The third-order valence-corrected chi connectivity index (χ3v) is 3.11. The molecule has 6 heteroatoms. The molecule has 0 aromatic heterocycles. The van der Waals surface area contributed by atoms with Crippen molar-refractivity contribution in [2.75, 3.05) is 45.4 Å². The number of esters is 2. The normalized spacial score (nSPS) is 10.4. The van der Waals surface area contributed by atoms with Crippen LogP contribution in [0.5, 0.6) is 0 Å². The minimum Gasteiger partial charge on any atom is -0.468 e. The molecule has 0 aliphatic carbocycles. The molecule has 0 N–H and O–H groups in total. The Balaban J connectivity index is 4.01. The number of nitrogens with zero attached hydrogens (tertiary/aromatic N) is 1. The van der Waals surface area contributed by atoms with E-state index < -0.39 is 0 Å². The summed E-state index contributed by atoms with van der Waals surface area (Å²) in [6.07, 6.45) is 0.937. The third-order valence-electron chi connectivity index (χ3n) is 2.13. The standard InChI is InChI=1S/C11H21NO4S/c1-4-17-7-5-6-12(8-10(13)15-2)9-11(14)16-3/h4-9H2,1-3H3. The van der Waals surface area contributed by atoms with Gasteiger partial charge in [0.1, 0.15) is 0 Å². The number of rotatable bonds is 9. The monoisotopic (exact) mass is 263 g/mol. The van der Waals surface area contributed by atoms with Crippen molar-refractivity contribution < 1.29 is 19.1 Å². The van der Waals surface area contributed by atoms with Crippen molar-refractivity contribution >= 4 is 23.7 Å². The SMILES string of the molecule is CCSCCCN(CC(=O)OC)CC(=O)OC. The Morgan fingerprint density at radius 3 is 2.06 bits per heavy atom. The van der Waals surface area contributed by atoms with E-state index in [1.807, 2.05) is 11.8 Å². The molecule has 0 heterocycles. The molecule has 0 aromatic rings. The molecule has 0 fully saturated rings. The summed E-state index contributed by atoms with van der Waals surface area (Å²) in [6.45, 7) is 3.05. The van der Waals surface area contributed by atoms with Crippen LogP contribution < -0.4 is 0 Å². The zero-order valence-corrected chi connectivity index (χ0v) is 11.5. The molecule has 0 saturated carbocycles. The highest BCUT2D eigenvalue weighted by atomic mass is 32.2. The maximum Gasteiger partial charge on any atom is 0.319 e. The molecule has 17 heavy (non-hydrogen) atoms. The molecule has 0 rings (SSSR count). The van der Waals surface area contributed by atoms with Gasteiger partial charge in [-0.1, -0.05) is 6.92 Å². The Hall–Kier alpha value is -0.750. The summed E-state index contributed by atoms with van der Waals surface area (Å²) < 4.78 is 9.17. The molecule has 0 saturated heterocycles. The largest absolute Gasteiger partial charge is 0.468 e. The lowest BCUT2D eigenvalue weighted by Crippen LogP contribution is -2.36. The summed E-state index contributed by atoms with van der Waals surface area (Å²) in [6, 6.07) is 0. The average Bonchev–Trinajstić information content (AvgIpc) is 2.33. The first-order chi connectivity index (χ1) is 8.13. The van der Waals surface area contributed by atoms with Gasteiger partial charge < -0.3 is 9.47 Å². The number of carbonyl (C=O) groups is 2. The number of hydrogen-bond acceptors (Lipinski definition) is 6. The van der Waals surface area contributed by atoms with Crippen molar-refractivity contribution in [1.82, 2.24) is 4.90 Å². The van der Waals surface area contributed by atoms with Crippen LogP contribution in [0.1, 0.15) is 13.3 Å². The number of thioether (sulfide) groups is 1. The van der Waals surface area contributed by atoms with E-state index in [9.17, 15) is 9.59 Å². The lowest BCUT2D eigenvalue weighted by molar-refractivity contribution is -0.145. The Labute approximate surface area is 107 Å². The molecule has 0 radical (unpaired) electrons. The average molecular weight is 263 g/mol. The van der Waals surface area contributed by atoms with Crippen molar-refractivity contribution in [1.29, 1.82) is 0 Å². The first-order valence-electron chi connectivity index (χ1n) is 5.57. The molecule has 0 atom stereocenters. The second-order valence-electron chi connectivity index (χ2n) is 3.41. The molecular weight excluding hydrogens is 242 g/mol.